The number of nitrogens with one attached hydrogen (secondary N) is 1. The molecule has 0 bridgehead atoms. The standard InChI is InChI=1S/C21H26FN/c1-3-5-18-7-9-19(10-8-18)6-4-15-23-17(2)16-20-11-13-21(22)14-12-20/h3,7-14,17,23H,1,4-6,15-16H2,2H3. The Morgan fingerprint density at radius 1 is 1.00 bits per heavy atom. The highest BCUT2D eigenvalue weighted by Crippen LogP contribution is 2.08. The van der Waals surface area contributed by atoms with Crippen molar-refractivity contribution in [2.75, 3.05) is 6.54 Å². The Hall–Kier alpha value is -1.93. The van der Waals surface area contributed by atoms with E-state index >= 15 is 0 Å². The first kappa shape index (κ1) is 17.4. The number of aryl methyl sites for hydroxylation is 1. The Morgan fingerprint density at radius 3 is 2.26 bits per heavy atom. The van der Waals surface area contributed by atoms with E-state index < -0.39 is 0 Å². The van der Waals surface area contributed by atoms with Gasteiger partial charge in [-0.25, -0.2) is 4.39 Å². The molecule has 0 radical (unpaired) electrons. The largest absolute Gasteiger partial charge is 0.314 e. The molecule has 1 nitrogen and oxygen atoms in total. The van der Waals surface area contributed by atoms with Crippen molar-refractivity contribution in [3.8, 4) is 0 Å². The van der Waals surface area contributed by atoms with Gasteiger partial charge in [0.25, 0.3) is 0 Å². The summed E-state index contributed by atoms with van der Waals surface area (Å²) >= 11 is 0. The van der Waals surface area contributed by atoms with Crippen LogP contribution in [0.15, 0.2) is 61.2 Å². The molecule has 0 heterocycles. The van der Waals surface area contributed by atoms with Crippen molar-refractivity contribution < 1.29 is 4.39 Å². The molecule has 0 aliphatic heterocycles. The van der Waals surface area contributed by atoms with Crippen molar-refractivity contribution in [1.29, 1.82) is 0 Å². The Labute approximate surface area is 139 Å². The van der Waals surface area contributed by atoms with E-state index in [9.17, 15) is 4.39 Å². The Kier molecular flexibility index (Phi) is 7.02. The Bertz CT molecular complexity index is 586. The van der Waals surface area contributed by atoms with Gasteiger partial charge >= 0.3 is 0 Å². The predicted molar refractivity (Wildman–Crippen MR) is 96.2 cm³/mol. The van der Waals surface area contributed by atoms with E-state index in [2.05, 4.69) is 43.1 Å². The summed E-state index contributed by atoms with van der Waals surface area (Å²) in [5.41, 5.74) is 3.87. The molecule has 2 heteroatoms. The van der Waals surface area contributed by atoms with Crippen LogP contribution in [0.2, 0.25) is 0 Å². The van der Waals surface area contributed by atoms with Crippen molar-refractivity contribution in [1.82, 2.24) is 5.32 Å². The van der Waals surface area contributed by atoms with Crippen LogP contribution in [0.5, 0.6) is 0 Å². The average molecular weight is 311 g/mol. The number of halogens is 1. The fraction of sp³-hybridized carbons (Fsp3) is 0.333. The molecule has 1 atom stereocenters. The maximum atomic E-state index is 12.9. The first-order valence-electron chi connectivity index (χ1n) is 8.34. The summed E-state index contributed by atoms with van der Waals surface area (Å²) in [4.78, 5) is 0. The van der Waals surface area contributed by atoms with Crippen LogP contribution in [-0.4, -0.2) is 12.6 Å². The number of hydrogen-bond donors (Lipinski definition) is 1. The lowest BCUT2D eigenvalue weighted by Gasteiger charge is -2.14. The minimum absolute atomic E-state index is 0.173. The fourth-order valence-electron chi connectivity index (χ4n) is 2.70. The van der Waals surface area contributed by atoms with Gasteiger partial charge in [0.15, 0.2) is 0 Å². The van der Waals surface area contributed by atoms with Crippen molar-refractivity contribution in [3.63, 3.8) is 0 Å². The minimum atomic E-state index is -0.173. The summed E-state index contributed by atoms with van der Waals surface area (Å²) in [5.74, 6) is -0.173. The molecule has 2 aromatic carbocycles. The number of rotatable bonds is 9. The van der Waals surface area contributed by atoms with Gasteiger partial charge in [-0.15, -0.1) is 6.58 Å². The van der Waals surface area contributed by atoms with Crippen molar-refractivity contribution in [2.24, 2.45) is 0 Å². The lowest BCUT2D eigenvalue weighted by Crippen LogP contribution is -2.29. The molecule has 0 aliphatic carbocycles. The van der Waals surface area contributed by atoms with Crippen LogP contribution in [0, 0.1) is 5.82 Å². The van der Waals surface area contributed by atoms with Gasteiger partial charge < -0.3 is 5.32 Å². The van der Waals surface area contributed by atoms with Crippen LogP contribution in [0.1, 0.15) is 30.0 Å². The van der Waals surface area contributed by atoms with Crippen LogP contribution in [0.3, 0.4) is 0 Å². The van der Waals surface area contributed by atoms with E-state index in [-0.39, 0.29) is 5.82 Å². The smallest absolute Gasteiger partial charge is 0.123 e. The highest BCUT2D eigenvalue weighted by molar-refractivity contribution is 5.24. The summed E-state index contributed by atoms with van der Waals surface area (Å²) in [6, 6.07) is 16.0. The normalized spacial score (nSPS) is 12.1. The molecule has 0 aromatic heterocycles. The second-order valence-electron chi connectivity index (χ2n) is 6.10. The first-order chi connectivity index (χ1) is 11.2. The molecule has 2 rings (SSSR count). The minimum Gasteiger partial charge on any atom is -0.314 e. The van der Waals surface area contributed by atoms with Crippen LogP contribution in [0.4, 0.5) is 4.39 Å². The molecule has 0 amide bonds. The monoisotopic (exact) mass is 311 g/mol. The highest BCUT2D eigenvalue weighted by Gasteiger charge is 2.03. The summed E-state index contributed by atoms with van der Waals surface area (Å²) in [7, 11) is 0. The van der Waals surface area contributed by atoms with Crippen molar-refractivity contribution in [2.45, 2.75) is 38.6 Å². The zero-order chi connectivity index (χ0) is 16.5. The second-order valence-corrected chi connectivity index (χ2v) is 6.10. The van der Waals surface area contributed by atoms with Gasteiger partial charge in [0.1, 0.15) is 5.82 Å². The molecule has 0 saturated carbocycles. The fourth-order valence-corrected chi connectivity index (χ4v) is 2.70. The lowest BCUT2D eigenvalue weighted by molar-refractivity contribution is 0.533. The van der Waals surface area contributed by atoms with E-state index in [0.717, 1.165) is 32.2 Å². The SMILES string of the molecule is C=CCc1ccc(CCCNC(C)Cc2ccc(F)cc2)cc1. The van der Waals surface area contributed by atoms with Crippen LogP contribution in [-0.2, 0) is 19.3 Å². The maximum absolute atomic E-state index is 12.9. The zero-order valence-electron chi connectivity index (χ0n) is 13.9. The van der Waals surface area contributed by atoms with E-state index in [4.69, 9.17) is 0 Å². The number of hydrogen-bond acceptors (Lipinski definition) is 1. The summed E-state index contributed by atoms with van der Waals surface area (Å²) in [6.45, 7) is 6.93. The molecule has 1 unspecified atom stereocenters. The quantitative estimate of drug-likeness (QED) is 0.522. The predicted octanol–water partition coefficient (Wildman–Crippen LogP) is 4.71. The molecule has 0 saturated heterocycles. The van der Waals surface area contributed by atoms with E-state index in [1.54, 1.807) is 0 Å². The van der Waals surface area contributed by atoms with E-state index in [1.165, 1.54) is 28.8 Å². The van der Waals surface area contributed by atoms with Gasteiger partial charge in [-0.3, -0.25) is 0 Å². The van der Waals surface area contributed by atoms with Crippen LogP contribution >= 0.6 is 0 Å². The average Bonchev–Trinajstić information content (AvgIpc) is 2.55. The van der Waals surface area contributed by atoms with Crippen LogP contribution < -0.4 is 5.32 Å². The molecule has 0 aliphatic rings. The Balaban J connectivity index is 1.66. The molecule has 1 N–H and O–H groups in total. The number of allylic oxidation sites excluding steroid dienone is 1. The second kappa shape index (κ2) is 9.26. The third kappa shape index (κ3) is 6.37. The van der Waals surface area contributed by atoms with Gasteiger partial charge in [-0.05, 0) is 68.0 Å². The molecular formula is C21H26FN. The van der Waals surface area contributed by atoms with Gasteiger partial charge in [0.05, 0.1) is 0 Å². The molecule has 23 heavy (non-hydrogen) atoms. The summed E-state index contributed by atoms with van der Waals surface area (Å²) < 4.78 is 12.9. The molecule has 0 spiro atoms. The van der Waals surface area contributed by atoms with Gasteiger partial charge in [-0.1, -0.05) is 42.5 Å². The van der Waals surface area contributed by atoms with Gasteiger partial charge in [0, 0.05) is 6.04 Å². The molecule has 122 valence electrons. The molecular weight excluding hydrogens is 285 g/mol. The highest BCUT2D eigenvalue weighted by atomic mass is 19.1. The Morgan fingerprint density at radius 2 is 1.61 bits per heavy atom. The maximum Gasteiger partial charge on any atom is 0.123 e. The van der Waals surface area contributed by atoms with E-state index in [0.29, 0.717) is 6.04 Å². The molecule has 2 aromatic rings. The topological polar surface area (TPSA) is 12.0 Å². The van der Waals surface area contributed by atoms with E-state index in [1.807, 2.05) is 18.2 Å². The third-order valence-corrected chi connectivity index (χ3v) is 3.99. The van der Waals surface area contributed by atoms with Crippen molar-refractivity contribution in [3.05, 3.63) is 83.7 Å². The van der Waals surface area contributed by atoms with Gasteiger partial charge in [-0.2, -0.15) is 0 Å². The van der Waals surface area contributed by atoms with Gasteiger partial charge in [0.2, 0.25) is 0 Å². The zero-order valence-corrected chi connectivity index (χ0v) is 13.9. The van der Waals surface area contributed by atoms with Crippen molar-refractivity contribution >= 4 is 0 Å². The first-order valence-corrected chi connectivity index (χ1v) is 8.34. The lowest BCUT2D eigenvalue weighted by atomic mass is 10.0. The summed E-state index contributed by atoms with van der Waals surface area (Å²) in [6.07, 6.45) is 6.00. The summed E-state index contributed by atoms with van der Waals surface area (Å²) in [5, 5.41) is 3.54. The van der Waals surface area contributed by atoms with Crippen LogP contribution in [0.25, 0.3) is 0 Å². The molecule has 0 fully saturated rings. The number of benzene rings is 2. The third-order valence-electron chi connectivity index (χ3n) is 3.99.